The molecule has 0 aliphatic carbocycles. The normalized spacial score (nSPS) is 15.5. The Morgan fingerprint density at radius 3 is 2.28 bits per heavy atom. The molecule has 0 unspecified atom stereocenters. The largest absolute Gasteiger partial charge is 0.325 e. The fourth-order valence-corrected chi connectivity index (χ4v) is 7.79. The van der Waals surface area contributed by atoms with Crippen LogP contribution in [0.2, 0.25) is 0 Å². The van der Waals surface area contributed by atoms with Crippen molar-refractivity contribution in [3.8, 4) is 33.5 Å². The second-order valence-corrected chi connectivity index (χ2v) is 12.5. The van der Waals surface area contributed by atoms with E-state index in [-0.39, 0.29) is 49.2 Å². The van der Waals surface area contributed by atoms with Crippen LogP contribution in [-0.4, -0.2) is 21.1 Å². The van der Waals surface area contributed by atoms with E-state index < -0.39 is 20.6 Å². The Bertz CT molecular complexity index is 3150. The molecule has 0 N–H and O–H groups in total. The summed E-state index contributed by atoms with van der Waals surface area (Å²) in [4.78, 5) is 9.15. The van der Waals surface area contributed by atoms with Crippen LogP contribution in [0.25, 0.3) is 71.9 Å². The summed E-state index contributed by atoms with van der Waals surface area (Å²) in [5, 5.41) is 3.64. The van der Waals surface area contributed by atoms with Gasteiger partial charge in [-0.1, -0.05) is 125 Å². The Hall–Kier alpha value is -5.35. The summed E-state index contributed by atoms with van der Waals surface area (Å²) in [6.07, 6.45) is 1.02. The minimum Gasteiger partial charge on any atom is -0.325 e. The van der Waals surface area contributed by atoms with Crippen molar-refractivity contribution in [3.63, 3.8) is 0 Å². The van der Waals surface area contributed by atoms with Crippen LogP contribution in [0.5, 0.6) is 0 Å². The summed E-state index contributed by atoms with van der Waals surface area (Å²) in [6.45, 7) is -7.19. The maximum Gasteiger partial charge on any atom is 0.193 e. The fraction of sp³-hybridized carbons (Fsp3) is 0.0667. The minimum atomic E-state index is -2.61. The number of rotatable bonds is 1. The molecule has 1 radical (unpaired) electrons. The van der Waals surface area contributed by atoms with Gasteiger partial charge in [0.05, 0.1) is 16.7 Å². The van der Waals surface area contributed by atoms with Gasteiger partial charge in [-0.15, -0.1) is 57.9 Å². The molecule has 0 saturated carbocycles. The third kappa shape index (κ3) is 4.40. The molecule has 2 aliphatic rings. The molecule has 6 aromatic carbocycles. The van der Waals surface area contributed by atoms with E-state index >= 15 is 0 Å². The molecule has 3 nitrogen and oxygen atoms in total. The maximum absolute atomic E-state index is 7.54. The fourth-order valence-electron chi connectivity index (χ4n) is 7.79. The Labute approximate surface area is 317 Å². The van der Waals surface area contributed by atoms with Crippen molar-refractivity contribution in [2.24, 2.45) is 0 Å². The summed E-state index contributed by atoms with van der Waals surface area (Å²) in [5.41, 5.74) is 13.9. The molecule has 50 heavy (non-hydrogen) atoms. The number of para-hydroxylation sites is 3. The number of aryl methyl sites for hydroxylation is 3. The summed E-state index contributed by atoms with van der Waals surface area (Å²) < 4.78 is 69.2. The average Bonchev–Trinajstić information content (AvgIpc) is 3.87. The van der Waals surface area contributed by atoms with Crippen LogP contribution in [0.15, 0.2) is 128 Å². The molecule has 5 heterocycles. The molecule has 0 amide bonds. The zero-order valence-electron chi connectivity index (χ0n) is 35.4. The van der Waals surface area contributed by atoms with Crippen LogP contribution in [-0.2, 0) is 20.1 Å². The summed E-state index contributed by atoms with van der Waals surface area (Å²) in [5.74, 6) is 0. The Morgan fingerprint density at radius 2 is 1.48 bits per heavy atom. The Balaban J connectivity index is 0.000000160. The molecule has 0 fully saturated rings. The molecule has 9 aromatic rings. The number of fused-ring (bicyclic) bond motifs is 15. The van der Waals surface area contributed by atoms with Crippen molar-refractivity contribution in [3.05, 3.63) is 156 Å². The van der Waals surface area contributed by atoms with E-state index in [1.807, 2.05) is 0 Å². The predicted molar refractivity (Wildman–Crippen MR) is 205 cm³/mol. The number of aromatic nitrogens is 3. The van der Waals surface area contributed by atoms with Crippen LogP contribution in [0, 0.1) is 32.7 Å². The van der Waals surface area contributed by atoms with Gasteiger partial charge in [0.1, 0.15) is 0 Å². The summed E-state index contributed by atoms with van der Waals surface area (Å²) >= 11 is 0. The second-order valence-electron chi connectivity index (χ2n) is 12.5. The van der Waals surface area contributed by atoms with Crippen LogP contribution in [0.4, 0.5) is 0 Å². The zero-order chi connectivity index (χ0) is 40.3. The van der Waals surface area contributed by atoms with Crippen LogP contribution in [0.3, 0.4) is 0 Å². The number of imidazole rings is 1. The van der Waals surface area contributed by atoms with Gasteiger partial charge in [0, 0.05) is 44.2 Å². The van der Waals surface area contributed by atoms with Gasteiger partial charge in [-0.05, 0) is 54.1 Å². The summed E-state index contributed by atoms with van der Waals surface area (Å²) in [7, 11) is 0. The third-order valence-electron chi connectivity index (χ3n) is 9.85. The molecule has 0 saturated heterocycles. The molecule has 3 aromatic heterocycles. The first-order valence-corrected chi connectivity index (χ1v) is 16.1. The SMILES string of the molecule is [2H]C([2H])([2H])c1c[c-]c(-c2cc(C([2H])([2H])[2H])c(C([2H])([2H])[2H])cn2)cc1.[Ir].[c-]1c2c3c(c4c1c1nc5ccccc5n1c1ccccc41)-c1ccccc1B3c1ccccc1-2. The van der Waals surface area contributed by atoms with E-state index in [9.17, 15) is 0 Å². The van der Waals surface area contributed by atoms with Gasteiger partial charge in [-0.25, -0.2) is 0 Å². The Kier molecular flexibility index (Phi) is 5.21. The van der Waals surface area contributed by atoms with Crippen molar-refractivity contribution in [2.45, 2.75) is 20.6 Å². The van der Waals surface area contributed by atoms with Crippen molar-refractivity contribution >= 4 is 61.5 Å². The van der Waals surface area contributed by atoms with Gasteiger partial charge in [-0.2, -0.15) is 0 Å². The van der Waals surface area contributed by atoms with Gasteiger partial charge in [0.15, 0.2) is 6.71 Å². The number of pyridine rings is 2. The predicted octanol–water partition coefficient (Wildman–Crippen LogP) is 8.54. The van der Waals surface area contributed by atoms with Gasteiger partial charge in [0.2, 0.25) is 0 Å². The van der Waals surface area contributed by atoms with Crippen molar-refractivity contribution < 1.29 is 32.4 Å². The topological polar surface area (TPSA) is 30.2 Å². The van der Waals surface area contributed by atoms with Crippen LogP contribution < -0.4 is 16.4 Å². The van der Waals surface area contributed by atoms with Gasteiger partial charge in [-0.3, -0.25) is 4.98 Å². The molecular weight excluding hydrogens is 786 g/mol. The van der Waals surface area contributed by atoms with E-state index in [1.54, 1.807) is 0 Å². The number of benzene rings is 6. The smallest absolute Gasteiger partial charge is 0.193 e. The minimum absolute atomic E-state index is 0. The first-order chi connectivity index (χ1) is 27.7. The van der Waals surface area contributed by atoms with E-state index in [2.05, 4.69) is 119 Å². The first-order valence-electron chi connectivity index (χ1n) is 20.6. The van der Waals surface area contributed by atoms with E-state index in [4.69, 9.17) is 17.3 Å². The number of hydrogen-bond donors (Lipinski definition) is 0. The third-order valence-corrected chi connectivity index (χ3v) is 9.85. The molecule has 2 aliphatic heterocycles. The standard InChI is InChI=1S/C31H16BN2.C14H14N.Ir/c1-4-12-23-18(9-1)21-17-22-28(29-19-10-2-5-13-24(19)32(23)30(21)29)20-11-3-7-15-26(20)34-27-16-8-6-14-25(27)33-31(22)34;1-10-4-6-13(7-5-10)14-8-11(2)12(3)9-15-14;/h1-16H;4-6,8-9H,1-3H3;/q2*-1;/i;1D3,2D3,3D3;. The molecule has 5 heteroatoms. The zero-order valence-corrected chi connectivity index (χ0v) is 28.8. The second kappa shape index (κ2) is 11.6. The Morgan fingerprint density at radius 1 is 0.740 bits per heavy atom. The molecular formula is C45H30BIrN3-2. The van der Waals surface area contributed by atoms with E-state index in [0.717, 1.165) is 28.3 Å². The van der Waals surface area contributed by atoms with Gasteiger partial charge >= 0.3 is 0 Å². The van der Waals surface area contributed by atoms with E-state index in [0.29, 0.717) is 5.56 Å². The number of nitrogens with zero attached hydrogens (tertiary/aromatic N) is 3. The number of hydrogen-bond acceptors (Lipinski definition) is 2. The van der Waals surface area contributed by atoms with Crippen molar-refractivity contribution in [1.82, 2.24) is 14.4 Å². The first kappa shape index (κ1) is 22.4. The molecule has 11 rings (SSSR count). The quantitative estimate of drug-likeness (QED) is 0.0945. The van der Waals surface area contributed by atoms with Gasteiger partial charge < -0.3 is 9.38 Å². The van der Waals surface area contributed by atoms with Gasteiger partial charge in [0.25, 0.3) is 0 Å². The molecule has 0 atom stereocenters. The molecule has 0 spiro atoms. The monoisotopic (exact) mass is 825 g/mol. The van der Waals surface area contributed by atoms with Crippen LogP contribution >= 0.6 is 0 Å². The van der Waals surface area contributed by atoms with Crippen LogP contribution in [0.1, 0.15) is 29.0 Å². The maximum atomic E-state index is 7.54. The summed E-state index contributed by atoms with van der Waals surface area (Å²) in [6, 6.07) is 47.0. The van der Waals surface area contributed by atoms with Crippen molar-refractivity contribution in [2.75, 3.05) is 0 Å². The van der Waals surface area contributed by atoms with Crippen molar-refractivity contribution in [1.29, 1.82) is 0 Å². The molecule has 239 valence electrons. The van der Waals surface area contributed by atoms with E-state index in [1.165, 1.54) is 79.2 Å². The average molecular weight is 825 g/mol. The molecule has 0 bridgehead atoms.